The molecule has 4 heterocycles. The maximum atomic E-state index is 12.4. The van der Waals surface area contributed by atoms with E-state index in [1.54, 1.807) is 11.8 Å². The van der Waals surface area contributed by atoms with E-state index in [1.807, 2.05) is 12.1 Å². The van der Waals surface area contributed by atoms with Crippen LogP contribution in [0.2, 0.25) is 0 Å². The molecule has 12 nitrogen and oxygen atoms in total. The lowest BCUT2D eigenvalue weighted by molar-refractivity contribution is -0.141. The van der Waals surface area contributed by atoms with Crippen LogP contribution in [0.1, 0.15) is 26.2 Å². The molecule has 2 aliphatic heterocycles. The topological polar surface area (TPSA) is 147 Å². The van der Waals surface area contributed by atoms with Crippen LogP contribution in [-0.4, -0.2) is 69.5 Å². The minimum Gasteiger partial charge on any atom is -0.465 e. The summed E-state index contributed by atoms with van der Waals surface area (Å²) in [6.45, 7) is 4.06. The fourth-order valence-corrected chi connectivity index (χ4v) is 6.01. The highest BCUT2D eigenvalue weighted by molar-refractivity contribution is 9.10. The van der Waals surface area contributed by atoms with E-state index in [0.717, 1.165) is 33.8 Å². The Bertz CT molecular complexity index is 1350. The van der Waals surface area contributed by atoms with Crippen molar-refractivity contribution < 1.29 is 23.8 Å². The van der Waals surface area contributed by atoms with Gasteiger partial charge in [0.15, 0.2) is 33.6 Å². The molecule has 2 aliphatic rings. The van der Waals surface area contributed by atoms with Gasteiger partial charge in [0.25, 0.3) is 0 Å². The van der Waals surface area contributed by atoms with Crippen molar-refractivity contribution in [1.82, 2.24) is 29.7 Å². The lowest BCUT2D eigenvalue weighted by Crippen LogP contribution is -2.46. The third-order valence-corrected chi connectivity index (χ3v) is 8.48. The number of esters is 1. The van der Waals surface area contributed by atoms with E-state index in [-0.39, 0.29) is 19.4 Å². The van der Waals surface area contributed by atoms with Crippen molar-refractivity contribution in [3.05, 3.63) is 22.9 Å². The molecule has 2 aromatic heterocycles. The number of nitrogens with zero attached hydrogens (tertiary/aromatic N) is 5. The number of likely N-dealkylation sites (tertiary alicyclic amines) is 1. The summed E-state index contributed by atoms with van der Waals surface area (Å²) in [7, 11) is 0. The Hall–Kier alpha value is -3.26. The van der Waals surface area contributed by atoms with Gasteiger partial charge in [0.05, 0.1) is 6.61 Å². The van der Waals surface area contributed by atoms with Gasteiger partial charge in [-0.3, -0.25) is 4.79 Å². The molecule has 0 radical (unpaired) electrons. The number of hydrogen-bond donors (Lipinski definition) is 2. The Morgan fingerprint density at radius 2 is 2.00 bits per heavy atom. The number of piperidine rings is 1. The van der Waals surface area contributed by atoms with Crippen LogP contribution in [0.3, 0.4) is 0 Å². The van der Waals surface area contributed by atoms with E-state index in [4.69, 9.17) is 24.9 Å². The van der Waals surface area contributed by atoms with Crippen LogP contribution < -0.4 is 20.5 Å². The van der Waals surface area contributed by atoms with Gasteiger partial charge < -0.3 is 34.7 Å². The smallest absolute Gasteiger partial charge is 0.325 e. The Labute approximate surface area is 231 Å². The van der Waals surface area contributed by atoms with Gasteiger partial charge >= 0.3 is 12.0 Å². The highest BCUT2D eigenvalue weighted by Crippen LogP contribution is 2.43. The highest BCUT2D eigenvalue weighted by Gasteiger charge is 2.25. The molecule has 1 aromatic carbocycles. The Kier molecular flexibility index (Phi) is 8.07. The van der Waals surface area contributed by atoms with Crippen LogP contribution in [0, 0.1) is 5.92 Å². The first kappa shape index (κ1) is 26.4. The summed E-state index contributed by atoms with van der Waals surface area (Å²) in [6.07, 6.45) is 4.08. The predicted octanol–water partition coefficient (Wildman–Crippen LogP) is 3.43. The van der Waals surface area contributed by atoms with Crippen molar-refractivity contribution >= 4 is 56.7 Å². The molecular weight excluding hydrogens is 578 g/mol. The maximum Gasteiger partial charge on any atom is 0.325 e. The number of nitrogen functional groups attached to an aromatic ring is 1. The van der Waals surface area contributed by atoms with Crippen molar-refractivity contribution in [1.29, 1.82) is 0 Å². The van der Waals surface area contributed by atoms with Crippen LogP contribution in [-0.2, 0) is 16.1 Å². The molecular formula is C24H28BrN7O5S. The number of carbonyl (C=O) groups excluding carboxylic acids is 2. The summed E-state index contributed by atoms with van der Waals surface area (Å²) in [5.74, 6) is 1.72. The van der Waals surface area contributed by atoms with E-state index in [9.17, 15) is 9.59 Å². The van der Waals surface area contributed by atoms with Crippen molar-refractivity contribution in [2.75, 3.05) is 38.8 Å². The van der Waals surface area contributed by atoms with Crippen LogP contribution >= 0.6 is 27.7 Å². The molecule has 14 heteroatoms. The molecule has 0 atom stereocenters. The van der Waals surface area contributed by atoms with E-state index in [1.165, 1.54) is 18.1 Å². The number of imidazole rings is 1. The fourth-order valence-electron chi connectivity index (χ4n) is 4.50. The zero-order valence-corrected chi connectivity index (χ0v) is 23.2. The van der Waals surface area contributed by atoms with Gasteiger partial charge in [-0.15, -0.1) is 0 Å². The van der Waals surface area contributed by atoms with E-state index >= 15 is 0 Å². The van der Waals surface area contributed by atoms with Gasteiger partial charge in [-0.1, -0.05) is 11.8 Å². The lowest BCUT2D eigenvalue weighted by atomic mass is 9.93. The predicted molar refractivity (Wildman–Crippen MR) is 143 cm³/mol. The second kappa shape index (κ2) is 11.6. The Morgan fingerprint density at radius 1 is 1.24 bits per heavy atom. The molecule has 0 unspecified atom stereocenters. The first-order valence-corrected chi connectivity index (χ1v) is 14.0. The average molecular weight is 607 g/mol. The first-order chi connectivity index (χ1) is 18.4. The summed E-state index contributed by atoms with van der Waals surface area (Å²) in [5, 5.41) is 3.39. The van der Waals surface area contributed by atoms with Crippen molar-refractivity contribution in [2.45, 2.75) is 42.8 Å². The summed E-state index contributed by atoms with van der Waals surface area (Å²) in [4.78, 5) is 39.9. The van der Waals surface area contributed by atoms with Gasteiger partial charge in [-0.2, -0.15) is 0 Å². The number of nitrogens with two attached hydrogens (primary N) is 1. The molecule has 0 spiro atoms. The summed E-state index contributed by atoms with van der Waals surface area (Å²) < 4.78 is 18.8. The number of hydrogen-bond acceptors (Lipinski definition) is 10. The number of aromatic nitrogens is 4. The summed E-state index contributed by atoms with van der Waals surface area (Å²) in [6, 6.07) is 3.58. The molecule has 2 amide bonds. The number of fused-ring (bicyclic) bond motifs is 2. The van der Waals surface area contributed by atoms with Crippen LogP contribution in [0.4, 0.5) is 10.6 Å². The average Bonchev–Trinajstić information content (AvgIpc) is 3.51. The van der Waals surface area contributed by atoms with Crippen molar-refractivity contribution in [3.8, 4) is 11.5 Å². The van der Waals surface area contributed by atoms with Crippen molar-refractivity contribution in [3.63, 3.8) is 0 Å². The molecule has 0 saturated carbocycles. The molecule has 5 rings (SSSR count). The number of nitrogens with one attached hydrogen (secondary N) is 1. The van der Waals surface area contributed by atoms with Gasteiger partial charge in [-0.05, 0) is 60.2 Å². The van der Waals surface area contributed by atoms with Gasteiger partial charge in [-0.25, -0.2) is 19.7 Å². The standard InChI is InChI=1S/C24H28BrN7O5S/c1-2-35-19(33)11-27-23(34)31-6-3-14(4-7-31)5-8-32-22-20(21(26)28-12-29-22)30-24(32)38-18-10-17-16(9-15(18)25)36-13-37-17/h9-10,12,14H,2-8,11,13H2,1H3,(H,27,34)(H2,26,28,29). The number of benzene rings is 1. The van der Waals surface area contributed by atoms with Crippen molar-refractivity contribution in [2.24, 2.45) is 5.92 Å². The quantitative estimate of drug-likeness (QED) is 0.366. The van der Waals surface area contributed by atoms with E-state index in [2.05, 4.69) is 35.8 Å². The third kappa shape index (κ3) is 5.75. The van der Waals surface area contributed by atoms with Gasteiger partial charge in [0, 0.05) is 29.0 Å². The van der Waals surface area contributed by atoms with Crippen LogP contribution in [0.25, 0.3) is 11.2 Å². The molecule has 0 bridgehead atoms. The maximum absolute atomic E-state index is 12.4. The minimum absolute atomic E-state index is 0.120. The molecule has 202 valence electrons. The van der Waals surface area contributed by atoms with Crippen LogP contribution in [0.5, 0.6) is 11.5 Å². The minimum atomic E-state index is -0.436. The number of aryl methyl sites for hydroxylation is 1. The fraction of sp³-hybridized carbons (Fsp3) is 0.458. The molecule has 1 fully saturated rings. The number of amides is 2. The van der Waals surface area contributed by atoms with E-state index < -0.39 is 5.97 Å². The molecule has 38 heavy (non-hydrogen) atoms. The first-order valence-electron chi connectivity index (χ1n) is 12.3. The second-order valence-electron chi connectivity index (χ2n) is 8.90. The molecule has 1 saturated heterocycles. The second-order valence-corrected chi connectivity index (χ2v) is 10.8. The normalized spacial score (nSPS) is 15.2. The number of rotatable bonds is 8. The highest BCUT2D eigenvalue weighted by atomic mass is 79.9. The zero-order valence-electron chi connectivity index (χ0n) is 20.8. The van der Waals surface area contributed by atoms with Crippen LogP contribution in [0.15, 0.2) is 33.0 Å². The number of ether oxygens (including phenoxy) is 3. The number of halogens is 1. The summed E-state index contributed by atoms with van der Waals surface area (Å²) in [5.41, 5.74) is 7.38. The Balaban J connectivity index is 1.25. The lowest BCUT2D eigenvalue weighted by Gasteiger charge is -2.32. The Morgan fingerprint density at radius 3 is 2.76 bits per heavy atom. The molecule has 3 N–H and O–H groups in total. The van der Waals surface area contributed by atoms with Gasteiger partial charge in [0.2, 0.25) is 6.79 Å². The monoisotopic (exact) mass is 605 g/mol. The van der Waals surface area contributed by atoms with E-state index in [0.29, 0.717) is 60.6 Å². The largest absolute Gasteiger partial charge is 0.465 e. The summed E-state index contributed by atoms with van der Waals surface area (Å²) >= 11 is 5.12. The molecule has 3 aromatic rings. The number of carbonyl (C=O) groups is 2. The zero-order chi connectivity index (χ0) is 26.6. The SMILES string of the molecule is CCOC(=O)CNC(=O)N1CCC(CCn2c(Sc3cc4c(cc3Br)OCO4)nc3c(N)ncnc32)CC1. The number of urea groups is 1. The van der Waals surface area contributed by atoms with Gasteiger partial charge in [0.1, 0.15) is 12.9 Å². The number of anilines is 1. The third-order valence-electron chi connectivity index (χ3n) is 6.51. The molecule has 0 aliphatic carbocycles.